The van der Waals surface area contributed by atoms with Gasteiger partial charge in [0.15, 0.2) is 5.78 Å². The molecule has 0 atom stereocenters. The van der Waals surface area contributed by atoms with Gasteiger partial charge in [-0.05, 0) is 30.8 Å². The molecule has 1 heterocycles. The van der Waals surface area contributed by atoms with Crippen molar-refractivity contribution in [2.24, 2.45) is 0 Å². The van der Waals surface area contributed by atoms with Gasteiger partial charge in [0, 0.05) is 11.0 Å². The third kappa shape index (κ3) is 4.30. The minimum Gasteiger partial charge on any atom is -0.295 e. The van der Waals surface area contributed by atoms with Gasteiger partial charge in [0.2, 0.25) is 0 Å². The normalized spacial score (nSPS) is 11.1. The van der Waals surface area contributed by atoms with E-state index in [0.717, 1.165) is 10.0 Å². The van der Waals surface area contributed by atoms with E-state index in [0.29, 0.717) is 27.3 Å². The summed E-state index contributed by atoms with van der Waals surface area (Å²) in [6, 6.07) is 9.64. The minimum atomic E-state index is -0.0179. The van der Waals surface area contributed by atoms with Gasteiger partial charge in [-0.1, -0.05) is 51.3 Å². The molecule has 0 N–H and O–H groups in total. The Morgan fingerprint density at radius 1 is 1.35 bits per heavy atom. The zero-order valence-corrected chi connectivity index (χ0v) is 14.6. The summed E-state index contributed by atoms with van der Waals surface area (Å²) in [5.41, 5.74) is 1.65. The first kappa shape index (κ1) is 16.0. The molecule has 0 unspecified atom stereocenters. The van der Waals surface area contributed by atoms with Gasteiger partial charge in [-0.3, -0.25) is 9.69 Å². The van der Waals surface area contributed by atoms with E-state index in [1.165, 1.54) is 11.3 Å². The Hall–Kier alpha value is -0.390. The van der Waals surface area contributed by atoms with E-state index in [4.69, 9.17) is 23.2 Å². The van der Waals surface area contributed by atoms with Gasteiger partial charge in [-0.2, -0.15) is 0 Å². The van der Waals surface area contributed by atoms with E-state index in [-0.39, 0.29) is 5.78 Å². The number of likely N-dealkylation sites (N-methyl/N-ethyl adjacent to an activating group) is 1. The van der Waals surface area contributed by atoms with E-state index in [1.807, 2.05) is 36.2 Å². The Bertz CT molecular complexity index is 629. The molecular weight excluding hydrogens is 381 g/mol. The fourth-order valence-corrected chi connectivity index (χ4v) is 3.81. The third-order valence-electron chi connectivity index (χ3n) is 2.71. The predicted molar refractivity (Wildman–Crippen MR) is 89.1 cm³/mol. The van der Waals surface area contributed by atoms with Crippen LogP contribution >= 0.6 is 50.5 Å². The highest BCUT2D eigenvalue weighted by Gasteiger charge is 2.16. The predicted octanol–water partition coefficient (Wildman–Crippen LogP) is 5.13. The number of hydrogen-bond donors (Lipinski definition) is 0. The van der Waals surface area contributed by atoms with Crippen LogP contribution in [0.25, 0.3) is 0 Å². The molecule has 1 aromatic carbocycles. The second kappa shape index (κ2) is 7.05. The van der Waals surface area contributed by atoms with Crippen LogP contribution in [0.1, 0.15) is 15.9 Å². The number of hydrogen-bond acceptors (Lipinski definition) is 3. The number of halogens is 3. The second-order valence-electron chi connectivity index (χ2n) is 4.46. The quantitative estimate of drug-likeness (QED) is 0.657. The topological polar surface area (TPSA) is 20.3 Å². The van der Waals surface area contributed by atoms with E-state index in [9.17, 15) is 4.79 Å². The van der Waals surface area contributed by atoms with Crippen LogP contribution in [0.2, 0.25) is 8.67 Å². The zero-order valence-electron chi connectivity index (χ0n) is 10.7. The molecule has 0 saturated heterocycles. The molecule has 0 spiro atoms. The molecule has 2 nitrogen and oxygen atoms in total. The number of benzene rings is 1. The number of ketones is 1. The molecule has 106 valence electrons. The summed E-state index contributed by atoms with van der Waals surface area (Å²) in [6.07, 6.45) is 0. The Labute approximate surface area is 140 Å². The molecule has 0 radical (unpaired) electrons. The molecule has 0 saturated carbocycles. The SMILES string of the molecule is CN(CC(=O)c1cc(Cl)sc1Cl)Cc1cccc(Br)c1. The summed E-state index contributed by atoms with van der Waals surface area (Å²) in [7, 11) is 1.90. The van der Waals surface area contributed by atoms with E-state index >= 15 is 0 Å². The van der Waals surface area contributed by atoms with Gasteiger partial charge in [0.25, 0.3) is 0 Å². The summed E-state index contributed by atoms with van der Waals surface area (Å²) in [6.45, 7) is 1.000. The molecule has 0 aliphatic rings. The lowest BCUT2D eigenvalue weighted by Crippen LogP contribution is -2.25. The van der Waals surface area contributed by atoms with Crippen molar-refractivity contribution < 1.29 is 4.79 Å². The van der Waals surface area contributed by atoms with Crippen LogP contribution in [0.4, 0.5) is 0 Å². The van der Waals surface area contributed by atoms with Crippen LogP contribution in [-0.2, 0) is 6.54 Å². The summed E-state index contributed by atoms with van der Waals surface area (Å²) in [4.78, 5) is 14.1. The van der Waals surface area contributed by atoms with Gasteiger partial charge >= 0.3 is 0 Å². The molecule has 1 aromatic heterocycles. The first-order valence-electron chi connectivity index (χ1n) is 5.86. The summed E-state index contributed by atoms with van der Waals surface area (Å²) in [5, 5.41) is 0. The van der Waals surface area contributed by atoms with E-state index in [2.05, 4.69) is 15.9 Å². The number of rotatable bonds is 5. The highest BCUT2D eigenvalue weighted by atomic mass is 79.9. The molecule has 0 bridgehead atoms. The number of carbonyl (C=O) groups excluding carboxylic acids is 1. The Kier molecular flexibility index (Phi) is 5.64. The van der Waals surface area contributed by atoms with Crippen molar-refractivity contribution in [1.82, 2.24) is 4.90 Å². The van der Waals surface area contributed by atoms with Gasteiger partial charge < -0.3 is 0 Å². The zero-order chi connectivity index (χ0) is 14.7. The number of carbonyl (C=O) groups is 1. The van der Waals surface area contributed by atoms with Gasteiger partial charge in [-0.15, -0.1) is 11.3 Å². The Balaban J connectivity index is 1.99. The lowest BCUT2D eigenvalue weighted by Gasteiger charge is -2.15. The number of thiophene rings is 1. The number of Topliss-reactive ketones (excluding diaryl/α,β-unsaturated/α-hetero) is 1. The molecule has 0 amide bonds. The van der Waals surface area contributed by atoms with Crippen molar-refractivity contribution in [2.75, 3.05) is 13.6 Å². The highest BCUT2D eigenvalue weighted by molar-refractivity contribution is 9.10. The van der Waals surface area contributed by atoms with Crippen LogP contribution in [0.5, 0.6) is 0 Å². The van der Waals surface area contributed by atoms with Crippen molar-refractivity contribution in [2.45, 2.75) is 6.54 Å². The standard InChI is InChI=1S/C14H12BrCl2NOS/c1-18(7-9-3-2-4-10(15)5-9)8-12(19)11-6-13(16)20-14(11)17/h2-6H,7-8H2,1H3. The molecule has 2 aromatic rings. The van der Waals surface area contributed by atoms with Crippen LogP contribution < -0.4 is 0 Å². The number of nitrogens with zero attached hydrogens (tertiary/aromatic N) is 1. The van der Waals surface area contributed by atoms with E-state index < -0.39 is 0 Å². The first-order chi connectivity index (χ1) is 9.45. The minimum absolute atomic E-state index is 0.0179. The largest absolute Gasteiger partial charge is 0.295 e. The monoisotopic (exact) mass is 391 g/mol. The molecule has 20 heavy (non-hydrogen) atoms. The van der Waals surface area contributed by atoms with Crippen LogP contribution in [-0.4, -0.2) is 24.3 Å². The van der Waals surface area contributed by atoms with Crippen LogP contribution in [0.15, 0.2) is 34.8 Å². The van der Waals surface area contributed by atoms with Crippen molar-refractivity contribution >= 4 is 56.3 Å². The lowest BCUT2D eigenvalue weighted by molar-refractivity contribution is 0.0943. The third-order valence-corrected chi connectivity index (χ3v) is 4.69. The average molecular weight is 393 g/mol. The van der Waals surface area contributed by atoms with Gasteiger partial charge in [0.05, 0.1) is 16.4 Å². The maximum Gasteiger partial charge on any atom is 0.179 e. The summed E-state index contributed by atoms with van der Waals surface area (Å²) >= 11 is 16.5. The smallest absolute Gasteiger partial charge is 0.179 e. The van der Waals surface area contributed by atoms with Crippen LogP contribution in [0, 0.1) is 0 Å². The van der Waals surface area contributed by atoms with E-state index in [1.54, 1.807) is 6.07 Å². The van der Waals surface area contributed by atoms with Crippen LogP contribution in [0.3, 0.4) is 0 Å². The molecule has 0 aliphatic carbocycles. The summed E-state index contributed by atoms with van der Waals surface area (Å²) < 4.78 is 2.02. The fraction of sp³-hybridized carbons (Fsp3) is 0.214. The average Bonchev–Trinajstić information content (AvgIpc) is 2.68. The van der Waals surface area contributed by atoms with Crippen molar-refractivity contribution in [3.8, 4) is 0 Å². The first-order valence-corrected chi connectivity index (χ1v) is 8.23. The molecule has 2 rings (SSSR count). The van der Waals surface area contributed by atoms with Crippen molar-refractivity contribution in [3.63, 3.8) is 0 Å². The maximum atomic E-state index is 12.2. The van der Waals surface area contributed by atoms with Crippen molar-refractivity contribution in [1.29, 1.82) is 0 Å². The Morgan fingerprint density at radius 2 is 2.10 bits per heavy atom. The fourth-order valence-electron chi connectivity index (χ4n) is 1.86. The van der Waals surface area contributed by atoms with Crippen molar-refractivity contribution in [3.05, 3.63) is 54.6 Å². The summed E-state index contributed by atoms with van der Waals surface area (Å²) in [5.74, 6) is -0.0179. The Morgan fingerprint density at radius 3 is 2.70 bits per heavy atom. The molecule has 0 aliphatic heterocycles. The molecular formula is C14H12BrCl2NOS. The highest BCUT2D eigenvalue weighted by Crippen LogP contribution is 2.31. The maximum absolute atomic E-state index is 12.2. The van der Waals surface area contributed by atoms with Gasteiger partial charge in [-0.25, -0.2) is 0 Å². The lowest BCUT2D eigenvalue weighted by atomic mass is 10.2. The molecule has 6 heteroatoms. The molecule has 0 fully saturated rings. The van der Waals surface area contributed by atoms with Gasteiger partial charge in [0.1, 0.15) is 4.34 Å². The second-order valence-corrected chi connectivity index (χ2v) is 7.66.